The van der Waals surface area contributed by atoms with Gasteiger partial charge in [-0.15, -0.1) is 22.7 Å². The van der Waals surface area contributed by atoms with Crippen LogP contribution in [0.1, 0.15) is 22.9 Å². The molecule has 21 aromatic rings. The third-order valence-electron chi connectivity index (χ3n) is 21.9. The zero-order valence-electron chi connectivity index (χ0n) is 60.1. The number of furan rings is 2. The molecule has 0 spiro atoms. The summed E-state index contributed by atoms with van der Waals surface area (Å²) in [5.74, 6) is 3.06. The number of rotatable bonds is 13. The average Bonchev–Trinajstić information content (AvgIpc) is 1.61. The minimum absolute atomic E-state index is 0.448. The Morgan fingerprint density at radius 3 is 1.41 bits per heavy atom. The van der Waals surface area contributed by atoms with Crippen molar-refractivity contribution in [1.82, 2.24) is 20.3 Å². The van der Waals surface area contributed by atoms with Crippen LogP contribution in [-0.4, -0.2) is 26.6 Å². The molecule has 1 atom stereocenters. The first kappa shape index (κ1) is 64.8. The molecule has 0 amide bonds. The first-order valence-electron chi connectivity index (χ1n) is 37.6. The molecule has 8 nitrogen and oxygen atoms in total. The van der Waals surface area contributed by atoms with Crippen molar-refractivity contribution in [3.8, 4) is 112 Å². The van der Waals surface area contributed by atoms with Gasteiger partial charge in [0.25, 0.3) is 0 Å². The monoisotopic (exact) mass is 1470 g/mol. The fraction of sp³-hybridized carbons (Fsp3) is 0.00980. The summed E-state index contributed by atoms with van der Waals surface area (Å²) in [6, 6.07) is 129. The van der Waals surface area contributed by atoms with E-state index in [1.54, 1.807) is 0 Å². The molecule has 16 aromatic carbocycles. The fourth-order valence-electron chi connectivity index (χ4n) is 16.4. The van der Waals surface area contributed by atoms with Crippen molar-refractivity contribution < 1.29 is 8.83 Å². The van der Waals surface area contributed by atoms with Crippen molar-refractivity contribution >= 4 is 119 Å². The highest BCUT2D eigenvalue weighted by Crippen LogP contribution is 2.51. The van der Waals surface area contributed by atoms with Crippen LogP contribution >= 0.6 is 22.7 Å². The van der Waals surface area contributed by atoms with E-state index in [-0.39, 0.29) is 0 Å². The van der Waals surface area contributed by atoms with Gasteiger partial charge in [-0.2, -0.15) is 0 Å². The van der Waals surface area contributed by atoms with Crippen molar-refractivity contribution in [2.24, 2.45) is 9.98 Å². The average molecular weight is 1470 g/mol. The summed E-state index contributed by atoms with van der Waals surface area (Å²) in [7, 11) is 0. The largest absolute Gasteiger partial charge is 0.456 e. The highest BCUT2D eigenvalue weighted by atomic mass is 32.1. The number of nitrogens with one attached hydrogen (secondary N) is 1. The third kappa shape index (κ3) is 11.3. The van der Waals surface area contributed by atoms with Crippen LogP contribution in [-0.2, 0) is 0 Å². The number of amidine groups is 2. The number of fused-ring (bicyclic) bond motifs is 12. The second-order valence-corrected chi connectivity index (χ2v) is 30.6. The summed E-state index contributed by atoms with van der Waals surface area (Å²) in [6.07, 6.45) is -0.448. The summed E-state index contributed by atoms with van der Waals surface area (Å²) in [5, 5.41) is 12.9. The van der Waals surface area contributed by atoms with Crippen molar-refractivity contribution in [3.05, 3.63) is 381 Å². The molecule has 0 aliphatic carbocycles. The smallest absolute Gasteiger partial charge is 0.164 e. The van der Waals surface area contributed by atoms with Crippen LogP contribution in [0.25, 0.3) is 196 Å². The molecule has 112 heavy (non-hydrogen) atoms. The number of thiophene rings is 2. The number of hydrogen-bond donors (Lipinski definition) is 1. The lowest BCUT2D eigenvalue weighted by atomic mass is 9.92. The molecule has 1 N–H and O–H groups in total. The van der Waals surface area contributed by atoms with E-state index >= 15 is 0 Å². The predicted octanol–water partition coefficient (Wildman–Crippen LogP) is 27.6. The Morgan fingerprint density at radius 1 is 0.250 bits per heavy atom. The lowest BCUT2D eigenvalue weighted by Gasteiger charge is -2.24. The Hall–Kier alpha value is -14.3. The molecule has 0 saturated carbocycles. The van der Waals surface area contributed by atoms with Gasteiger partial charge >= 0.3 is 0 Å². The van der Waals surface area contributed by atoms with Gasteiger partial charge in [-0.1, -0.05) is 315 Å². The highest BCUT2D eigenvalue weighted by Gasteiger charge is 2.27. The second kappa shape index (κ2) is 26.8. The third-order valence-corrected chi connectivity index (χ3v) is 24.4. The predicted molar refractivity (Wildman–Crippen MR) is 466 cm³/mol. The highest BCUT2D eigenvalue weighted by molar-refractivity contribution is 7.27. The Morgan fingerprint density at radius 2 is 0.688 bits per heavy atom. The Balaban J connectivity index is 0.623. The Labute approximate surface area is 652 Å². The van der Waals surface area contributed by atoms with E-state index in [9.17, 15) is 0 Å². The SMILES string of the molecule is c1ccc(-c2ccc(C3=NC(c4ccc(-c5cccc6c5sc5cccc(-c7ccccc7)c56)cc4)NC(c4ccc5c(c4)oc4cccc(-c6ccc(-c7ccccc7)c7c6sc6c(-c8ccc(-c9nc(-c%10cccc(-c%11ccccc%11)c%10)nc(-c%10ccc%11c(c%10)oc%10ccccc%10%11)n9)cc8)cccc67)c45)=N3)cc2)cc1. The van der Waals surface area contributed by atoms with Crippen LogP contribution in [0.2, 0.25) is 0 Å². The Bertz CT molecular complexity index is 7370. The van der Waals surface area contributed by atoms with Gasteiger partial charge in [-0.05, 0) is 126 Å². The number of nitrogens with zero attached hydrogens (tertiary/aromatic N) is 5. The maximum Gasteiger partial charge on any atom is 0.164 e. The molecule has 1 aliphatic heterocycles. The van der Waals surface area contributed by atoms with Crippen molar-refractivity contribution in [1.29, 1.82) is 0 Å². The first-order valence-corrected chi connectivity index (χ1v) is 39.2. The van der Waals surface area contributed by atoms with Gasteiger partial charge in [0.15, 0.2) is 23.3 Å². The minimum atomic E-state index is -0.448. The molecule has 0 fully saturated rings. The molecule has 10 heteroatoms. The summed E-state index contributed by atoms with van der Waals surface area (Å²) in [6.45, 7) is 0. The number of aliphatic imine (C=N–C) groups is 2. The summed E-state index contributed by atoms with van der Waals surface area (Å²) in [4.78, 5) is 26.5. The van der Waals surface area contributed by atoms with Gasteiger partial charge in [0.05, 0.1) is 0 Å². The fourth-order valence-corrected chi connectivity index (χ4v) is 19.1. The van der Waals surface area contributed by atoms with E-state index in [2.05, 4.69) is 333 Å². The van der Waals surface area contributed by atoms with E-state index in [0.717, 1.165) is 133 Å². The van der Waals surface area contributed by atoms with Crippen LogP contribution in [0.3, 0.4) is 0 Å². The maximum absolute atomic E-state index is 7.02. The molecular weight excluding hydrogens is 1410 g/mol. The molecule has 0 radical (unpaired) electrons. The van der Waals surface area contributed by atoms with Crippen molar-refractivity contribution in [2.45, 2.75) is 6.17 Å². The quantitative estimate of drug-likeness (QED) is 0.123. The van der Waals surface area contributed by atoms with Gasteiger partial charge in [0.2, 0.25) is 0 Å². The number of para-hydroxylation sites is 1. The standard InChI is InChI=1S/C102H62N6O2S2/c1-5-20-61(21-6-1)63-40-46-68(47-41-63)97-103-98(69-48-42-66(43-49-69)77-32-16-35-84-92-75(64-24-9-3-10-25-64)31-19-39-90(92)111-94(77)84)106-101(105-97)74-53-55-83-89(60-74)110-87-38-18-34-81(91(83)87)82-57-56-76(65-26-11-4-12-27-65)93-85-36-17-33-78(95(85)112-96(82)93)67-44-50-70(51-45-67)99-104-100(72-29-15-28-71(58-72)62-22-7-2-8-23-62)108-102(107-99)73-52-54-80-79-30-13-14-37-86(79)109-88(80)59-73/h1-60,98H,(H,103,105,106). The zero-order chi connectivity index (χ0) is 73.7. The van der Waals surface area contributed by atoms with Crippen LogP contribution in [0.15, 0.2) is 383 Å². The second-order valence-electron chi connectivity index (χ2n) is 28.5. The van der Waals surface area contributed by atoms with E-state index < -0.39 is 6.17 Å². The molecule has 524 valence electrons. The maximum atomic E-state index is 7.02. The van der Waals surface area contributed by atoms with Crippen molar-refractivity contribution in [3.63, 3.8) is 0 Å². The van der Waals surface area contributed by atoms with E-state index in [1.165, 1.54) is 62.6 Å². The molecule has 1 aliphatic rings. The van der Waals surface area contributed by atoms with Gasteiger partial charge < -0.3 is 14.2 Å². The Kier molecular flexibility index (Phi) is 15.5. The number of benzene rings is 16. The van der Waals surface area contributed by atoms with E-state index in [0.29, 0.717) is 29.1 Å². The number of hydrogen-bond acceptors (Lipinski definition) is 10. The summed E-state index contributed by atoms with van der Waals surface area (Å²) >= 11 is 3.70. The molecular formula is C102H62N6O2S2. The van der Waals surface area contributed by atoms with Gasteiger partial charge in [-0.3, -0.25) is 0 Å². The van der Waals surface area contributed by atoms with Crippen LogP contribution in [0.4, 0.5) is 0 Å². The molecule has 5 aromatic heterocycles. The van der Waals surface area contributed by atoms with Crippen LogP contribution in [0, 0.1) is 0 Å². The molecule has 22 rings (SSSR count). The van der Waals surface area contributed by atoms with E-state index in [1.807, 2.05) is 59.1 Å². The van der Waals surface area contributed by atoms with Crippen LogP contribution in [0.5, 0.6) is 0 Å². The minimum Gasteiger partial charge on any atom is -0.456 e. The van der Waals surface area contributed by atoms with Gasteiger partial charge in [0.1, 0.15) is 34.3 Å². The summed E-state index contributed by atoms with van der Waals surface area (Å²) < 4.78 is 18.4. The summed E-state index contributed by atoms with van der Waals surface area (Å²) in [5.41, 5.74) is 24.7. The topological polar surface area (TPSA) is 102 Å². The van der Waals surface area contributed by atoms with Crippen LogP contribution < -0.4 is 5.32 Å². The van der Waals surface area contributed by atoms with Gasteiger partial charge in [-0.25, -0.2) is 24.9 Å². The van der Waals surface area contributed by atoms with Crippen molar-refractivity contribution in [2.75, 3.05) is 0 Å². The first-order chi connectivity index (χ1) is 55.5. The lowest BCUT2D eigenvalue weighted by Crippen LogP contribution is -2.33. The lowest BCUT2D eigenvalue weighted by molar-refractivity contribution is 0.666. The molecule has 1 unspecified atom stereocenters. The molecule has 6 heterocycles. The van der Waals surface area contributed by atoms with E-state index in [4.69, 9.17) is 33.8 Å². The number of aromatic nitrogens is 3. The molecule has 0 bridgehead atoms. The zero-order valence-corrected chi connectivity index (χ0v) is 61.7. The normalized spacial score (nSPS) is 13.1. The van der Waals surface area contributed by atoms with Gasteiger partial charge in [0, 0.05) is 95.3 Å². The molecule has 0 saturated heterocycles.